The molecule has 0 bridgehead atoms. The predicted molar refractivity (Wildman–Crippen MR) is 88.2 cm³/mol. The molecule has 3 rings (SSSR count). The zero-order chi connectivity index (χ0) is 15.0. The first-order valence-electron chi connectivity index (χ1n) is 6.81. The lowest BCUT2D eigenvalue weighted by Gasteiger charge is -2.15. The van der Waals surface area contributed by atoms with E-state index in [1.165, 1.54) is 4.88 Å². The lowest BCUT2D eigenvalue weighted by Crippen LogP contribution is -2.15. The average Bonchev–Trinajstić information content (AvgIpc) is 2.92. The molecule has 2 aromatic rings. The first kappa shape index (κ1) is 14.8. The first-order valence-corrected chi connectivity index (χ1v) is 8.42. The minimum atomic E-state index is 0.124. The topological polar surface area (TPSA) is 57.4 Å². The Bertz CT molecular complexity index is 672. The van der Waals surface area contributed by atoms with Crippen molar-refractivity contribution in [3.05, 3.63) is 27.2 Å². The molecule has 0 aliphatic heterocycles. The Labute approximate surface area is 136 Å². The molecule has 2 N–H and O–H groups in total. The van der Waals surface area contributed by atoms with Crippen molar-refractivity contribution in [3.63, 3.8) is 0 Å². The van der Waals surface area contributed by atoms with Gasteiger partial charge in [0.2, 0.25) is 0 Å². The summed E-state index contributed by atoms with van der Waals surface area (Å²) in [6.07, 6.45) is 3.18. The number of ether oxygens (including phenoxy) is 2. The van der Waals surface area contributed by atoms with Gasteiger partial charge in [-0.2, -0.15) is 0 Å². The van der Waals surface area contributed by atoms with Gasteiger partial charge in [-0.1, -0.05) is 0 Å². The van der Waals surface area contributed by atoms with Crippen LogP contribution in [0.1, 0.15) is 29.5 Å². The Hall–Kier alpha value is -1.11. The maximum atomic E-state index is 6.19. The smallest absolute Gasteiger partial charge is 0.161 e. The highest BCUT2D eigenvalue weighted by molar-refractivity contribution is 9.10. The molecular weight excluding hydrogens is 352 g/mol. The van der Waals surface area contributed by atoms with Crippen LogP contribution in [-0.2, 0) is 6.42 Å². The van der Waals surface area contributed by atoms with Crippen LogP contribution in [0.15, 0.2) is 16.6 Å². The van der Waals surface area contributed by atoms with Crippen molar-refractivity contribution in [3.8, 4) is 22.1 Å². The van der Waals surface area contributed by atoms with E-state index < -0.39 is 0 Å². The number of nitrogens with two attached hydrogens (primary N) is 1. The van der Waals surface area contributed by atoms with E-state index in [9.17, 15) is 0 Å². The molecule has 0 fully saturated rings. The molecule has 0 saturated heterocycles. The number of aromatic nitrogens is 1. The molecule has 112 valence electrons. The van der Waals surface area contributed by atoms with Gasteiger partial charge in [0.25, 0.3) is 0 Å². The summed E-state index contributed by atoms with van der Waals surface area (Å²) in [5, 5.41) is 0.977. The van der Waals surface area contributed by atoms with Gasteiger partial charge in [-0.15, -0.1) is 11.3 Å². The van der Waals surface area contributed by atoms with Crippen molar-refractivity contribution in [2.24, 2.45) is 5.73 Å². The van der Waals surface area contributed by atoms with Gasteiger partial charge in [-0.05, 0) is 47.3 Å². The number of methoxy groups -OCH3 is 2. The van der Waals surface area contributed by atoms with Gasteiger partial charge in [0.1, 0.15) is 5.01 Å². The molecule has 21 heavy (non-hydrogen) atoms. The summed E-state index contributed by atoms with van der Waals surface area (Å²) in [4.78, 5) is 6.00. The number of fused-ring (bicyclic) bond motifs is 1. The van der Waals surface area contributed by atoms with Crippen LogP contribution in [-0.4, -0.2) is 19.2 Å². The van der Waals surface area contributed by atoms with E-state index in [0.717, 1.165) is 40.0 Å². The van der Waals surface area contributed by atoms with E-state index in [1.54, 1.807) is 25.6 Å². The second kappa shape index (κ2) is 5.94. The number of nitrogens with zero attached hydrogens (tertiary/aromatic N) is 1. The van der Waals surface area contributed by atoms with Crippen molar-refractivity contribution in [1.29, 1.82) is 0 Å². The van der Waals surface area contributed by atoms with Crippen LogP contribution in [0.5, 0.6) is 11.5 Å². The lowest BCUT2D eigenvalue weighted by molar-refractivity contribution is 0.355. The van der Waals surface area contributed by atoms with Crippen molar-refractivity contribution in [2.45, 2.75) is 25.3 Å². The number of thiazole rings is 1. The van der Waals surface area contributed by atoms with Crippen LogP contribution >= 0.6 is 27.3 Å². The van der Waals surface area contributed by atoms with Gasteiger partial charge in [0, 0.05) is 21.0 Å². The third-order valence-corrected chi connectivity index (χ3v) is 5.62. The van der Waals surface area contributed by atoms with Gasteiger partial charge in [-0.3, -0.25) is 0 Å². The molecule has 0 spiro atoms. The highest BCUT2D eigenvalue weighted by Crippen LogP contribution is 2.42. The third-order valence-electron chi connectivity index (χ3n) is 3.70. The maximum absolute atomic E-state index is 6.19. The zero-order valence-electron chi connectivity index (χ0n) is 12.0. The van der Waals surface area contributed by atoms with E-state index >= 15 is 0 Å². The quantitative estimate of drug-likeness (QED) is 0.891. The van der Waals surface area contributed by atoms with Gasteiger partial charge in [0.05, 0.1) is 19.9 Å². The van der Waals surface area contributed by atoms with Crippen LogP contribution in [0, 0.1) is 0 Å². The molecule has 1 atom stereocenters. The van der Waals surface area contributed by atoms with Gasteiger partial charge < -0.3 is 15.2 Å². The third kappa shape index (κ3) is 2.67. The molecule has 1 aromatic heterocycles. The standard InChI is InChI=1S/C15H17BrN2O2S/c1-19-12-6-8(9(16)7-13(12)20-2)15-18-11-5-3-4-10(17)14(11)21-15/h6-7,10H,3-5,17H2,1-2H3. The fraction of sp³-hybridized carbons (Fsp3) is 0.400. The second-order valence-electron chi connectivity index (χ2n) is 5.02. The fourth-order valence-corrected chi connectivity index (χ4v) is 4.41. The van der Waals surface area contributed by atoms with Gasteiger partial charge >= 0.3 is 0 Å². The Kier molecular flexibility index (Phi) is 4.19. The average molecular weight is 369 g/mol. The number of rotatable bonds is 3. The number of aryl methyl sites for hydroxylation is 1. The predicted octanol–water partition coefficient (Wildman–Crippen LogP) is 3.93. The molecule has 4 nitrogen and oxygen atoms in total. The van der Waals surface area contributed by atoms with Crippen molar-refractivity contribution in [1.82, 2.24) is 4.98 Å². The van der Waals surface area contributed by atoms with Crippen molar-refractivity contribution in [2.75, 3.05) is 14.2 Å². The summed E-state index contributed by atoms with van der Waals surface area (Å²) in [7, 11) is 3.27. The molecule has 0 radical (unpaired) electrons. The lowest BCUT2D eigenvalue weighted by atomic mass is 9.99. The monoisotopic (exact) mass is 368 g/mol. The Morgan fingerprint density at radius 3 is 2.67 bits per heavy atom. The molecule has 1 heterocycles. The highest BCUT2D eigenvalue weighted by atomic mass is 79.9. The Morgan fingerprint density at radius 1 is 1.29 bits per heavy atom. The molecule has 1 aliphatic rings. The number of benzene rings is 1. The van der Waals surface area contributed by atoms with E-state index in [1.807, 2.05) is 12.1 Å². The normalized spacial score (nSPS) is 17.4. The molecular formula is C15H17BrN2O2S. The number of hydrogen-bond donors (Lipinski definition) is 1. The summed E-state index contributed by atoms with van der Waals surface area (Å²) in [6, 6.07) is 3.99. The number of hydrogen-bond acceptors (Lipinski definition) is 5. The zero-order valence-corrected chi connectivity index (χ0v) is 14.4. The Balaban J connectivity index is 2.08. The van der Waals surface area contributed by atoms with Crippen LogP contribution < -0.4 is 15.2 Å². The van der Waals surface area contributed by atoms with Crippen LogP contribution in [0.2, 0.25) is 0 Å². The van der Waals surface area contributed by atoms with Crippen LogP contribution in [0.25, 0.3) is 10.6 Å². The largest absolute Gasteiger partial charge is 0.493 e. The van der Waals surface area contributed by atoms with Gasteiger partial charge in [0.15, 0.2) is 11.5 Å². The minimum absolute atomic E-state index is 0.124. The minimum Gasteiger partial charge on any atom is -0.493 e. The van der Waals surface area contributed by atoms with Crippen molar-refractivity contribution < 1.29 is 9.47 Å². The second-order valence-corrected chi connectivity index (χ2v) is 6.90. The SMILES string of the molecule is COc1cc(Br)c(-c2nc3c(s2)C(N)CCC3)cc1OC. The summed E-state index contributed by atoms with van der Waals surface area (Å²) < 4.78 is 11.6. The first-order chi connectivity index (χ1) is 10.1. The summed E-state index contributed by atoms with van der Waals surface area (Å²) >= 11 is 5.28. The van der Waals surface area contributed by atoms with E-state index in [4.69, 9.17) is 20.2 Å². The molecule has 1 unspecified atom stereocenters. The van der Waals surface area contributed by atoms with E-state index in [-0.39, 0.29) is 6.04 Å². The molecule has 6 heteroatoms. The van der Waals surface area contributed by atoms with Gasteiger partial charge in [-0.25, -0.2) is 4.98 Å². The summed E-state index contributed by atoms with van der Waals surface area (Å²) in [6.45, 7) is 0. The van der Waals surface area contributed by atoms with Crippen LogP contribution in [0.4, 0.5) is 0 Å². The van der Waals surface area contributed by atoms with Crippen LogP contribution in [0.3, 0.4) is 0 Å². The van der Waals surface area contributed by atoms with E-state index in [0.29, 0.717) is 11.5 Å². The molecule has 0 saturated carbocycles. The van der Waals surface area contributed by atoms with Crippen molar-refractivity contribution >= 4 is 27.3 Å². The molecule has 1 aromatic carbocycles. The maximum Gasteiger partial charge on any atom is 0.161 e. The van der Waals surface area contributed by atoms with E-state index in [2.05, 4.69) is 15.9 Å². The Morgan fingerprint density at radius 2 is 2.00 bits per heavy atom. The molecule has 1 aliphatic carbocycles. The highest BCUT2D eigenvalue weighted by Gasteiger charge is 2.23. The molecule has 0 amide bonds. The summed E-state index contributed by atoms with van der Waals surface area (Å²) in [5.74, 6) is 1.40. The fourth-order valence-electron chi connectivity index (χ4n) is 2.59. The number of halogens is 1. The summed E-state index contributed by atoms with van der Waals surface area (Å²) in [5.41, 5.74) is 8.35.